The molecule has 0 atom stereocenters. The van der Waals surface area contributed by atoms with Crippen molar-refractivity contribution in [3.05, 3.63) is 65.2 Å². The van der Waals surface area contributed by atoms with Crippen molar-refractivity contribution in [2.45, 2.75) is 26.2 Å². The minimum atomic E-state index is -4.37. The minimum Gasteiger partial charge on any atom is -0.484 e. The van der Waals surface area contributed by atoms with Crippen LogP contribution in [0.15, 0.2) is 53.5 Å². The summed E-state index contributed by atoms with van der Waals surface area (Å²) in [6.45, 7) is 1.60. The number of alkyl halides is 3. The van der Waals surface area contributed by atoms with Gasteiger partial charge in [-0.2, -0.15) is 13.2 Å². The van der Waals surface area contributed by atoms with Crippen molar-refractivity contribution in [3.63, 3.8) is 0 Å². The molecule has 0 amide bonds. The lowest BCUT2D eigenvalue weighted by Crippen LogP contribution is -2.36. The van der Waals surface area contributed by atoms with Crippen molar-refractivity contribution in [1.82, 2.24) is 10.6 Å². The third-order valence-corrected chi connectivity index (χ3v) is 3.74. The van der Waals surface area contributed by atoms with Gasteiger partial charge in [-0.15, -0.1) is 0 Å². The van der Waals surface area contributed by atoms with Crippen LogP contribution >= 0.6 is 0 Å². The minimum absolute atomic E-state index is 0.201. The summed E-state index contributed by atoms with van der Waals surface area (Å²) in [7, 11) is 1.64. The molecule has 2 aromatic rings. The Morgan fingerprint density at radius 2 is 1.54 bits per heavy atom. The van der Waals surface area contributed by atoms with E-state index in [0.717, 1.165) is 5.56 Å². The van der Waals surface area contributed by atoms with Crippen LogP contribution in [0.25, 0.3) is 0 Å². The predicted octanol–water partition coefficient (Wildman–Crippen LogP) is 3.80. The van der Waals surface area contributed by atoms with Crippen molar-refractivity contribution in [2.24, 2.45) is 4.99 Å². The first kappa shape index (κ1) is 19.6. The van der Waals surface area contributed by atoms with Crippen LogP contribution in [0.5, 0.6) is 5.75 Å². The quantitative estimate of drug-likeness (QED) is 0.605. The van der Waals surface area contributed by atoms with Crippen molar-refractivity contribution < 1.29 is 17.9 Å². The summed E-state index contributed by atoms with van der Waals surface area (Å²) in [5, 5.41) is 6.28. The summed E-state index contributed by atoms with van der Waals surface area (Å²) in [4.78, 5) is 4.14. The van der Waals surface area contributed by atoms with Crippen molar-refractivity contribution >= 4 is 5.96 Å². The van der Waals surface area contributed by atoms with Crippen LogP contribution in [0, 0.1) is 6.92 Å². The van der Waals surface area contributed by atoms with Gasteiger partial charge in [-0.1, -0.05) is 42.5 Å². The van der Waals surface area contributed by atoms with Crippen LogP contribution in [0.3, 0.4) is 0 Å². The number of nitrogens with one attached hydrogen (secondary N) is 2. The van der Waals surface area contributed by atoms with Crippen LogP contribution in [-0.2, 0) is 13.1 Å². The van der Waals surface area contributed by atoms with E-state index in [1.54, 1.807) is 25.2 Å². The van der Waals surface area contributed by atoms with E-state index in [9.17, 15) is 13.2 Å². The first-order chi connectivity index (χ1) is 12.4. The van der Waals surface area contributed by atoms with Gasteiger partial charge in [-0.05, 0) is 24.1 Å². The largest absolute Gasteiger partial charge is 0.484 e. The second-order valence-corrected chi connectivity index (χ2v) is 5.72. The van der Waals surface area contributed by atoms with E-state index in [-0.39, 0.29) is 5.75 Å². The molecule has 0 saturated heterocycles. The Morgan fingerprint density at radius 1 is 0.962 bits per heavy atom. The Hall–Kier alpha value is -2.70. The summed E-state index contributed by atoms with van der Waals surface area (Å²) >= 11 is 0. The number of para-hydroxylation sites is 1. The lowest BCUT2D eigenvalue weighted by molar-refractivity contribution is -0.153. The zero-order chi connectivity index (χ0) is 19.0. The normalized spacial score (nSPS) is 12.0. The zero-order valence-corrected chi connectivity index (χ0v) is 14.7. The molecule has 0 saturated carbocycles. The Morgan fingerprint density at radius 3 is 2.15 bits per heavy atom. The number of aliphatic imine (C=N–C) groups is 1. The maximum atomic E-state index is 12.4. The Kier molecular flexibility index (Phi) is 6.89. The lowest BCUT2D eigenvalue weighted by atomic mass is 10.1. The average molecular weight is 365 g/mol. The van der Waals surface area contributed by atoms with Crippen molar-refractivity contribution in [3.8, 4) is 5.75 Å². The van der Waals surface area contributed by atoms with Gasteiger partial charge < -0.3 is 15.4 Å². The molecule has 0 unspecified atom stereocenters. The van der Waals surface area contributed by atoms with Crippen LogP contribution in [0.4, 0.5) is 13.2 Å². The highest BCUT2D eigenvalue weighted by atomic mass is 19.4. The highest BCUT2D eigenvalue weighted by Gasteiger charge is 2.28. The van der Waals surface area contributed by atoms with Crippen molar-refractivity contribution in [2.75, 3.05) is 13.7 Å². The number of benzene rings is 2. The Bertz CT molecular complexity index is 745. The summed E-state index contributed by atoms with van der Waals surface area (Å²) in [5.74, 6) is 0.755. The van der Waals surface area contributed by atoms with Gasteiger partial charge in [0.15, 0.2) is 12.6 Å². The number of guanidine groups is 1. The van der Waals surface area contributed by atoms with Gasteiger partial charge in [0.2, 0.25) is 0 Å². The lowest BCUT2D eigenvalue weighted by Gasteiger charge is -2.16. The van der Waals surface area contributed by atoms with Crippen molar-refractivity contribution in [1.29, 1.82) is 0 Å². The summed E-state index contributed by atoms with van der Waals surface area (Å²) < 4.78 is 42.0. The predicted molar refractivity (Wildman–Crippen MR) is 96.2 cm³/mol. The molecule has 140 valence electrons. The second-order valence-electron chi connectivity index (χ2n) is 5.72. The molecule has 0 spiro atoms. The number of halogens is 3. The van der Waals surface area contributed by atoms with E-state index in [4.69, 9.17) is 4.74 Å². The smallest absolute Gasteiger partial charge is 0.422 e. The van der Waals surface area contributed by atoms with Gasteiger partial charge in [0.25, 0.3) is 0 Å². The number of ether oxygens (including phenoxy) is 1. The number of rotatable bonds is 6. The van der Waals surface area contributed by atoms with Crippen LogP contribution in [0.1, 0.15) is 16.7 Å². The third-order valence-electron chi connectivity index (χ3n) is 3.74. The SMILES string of the molecule is CN=C(NCc1ccccc1C)NCc1ccccc1OCC(F)(F)F. The molecule has 0 heterocycles. The third kappa shape index (κ3) is 6.31. The number of nitrogens with zero attached hydrogens (tertiary/aromatic N) is 1. The van der Waals surface area contributed by atoms with E-state index >= 15 is 0 Å². The highest BCUT2D eigenvalue weighted by molar-refractivity contribution is 5.79. The molecule has 2 rings (SSSR count). The fourth-order valence-corrected chi connectivity index (χ4v) is 2.34. The van der Waals surface area contributed by atoms with Gasteiger partial charge in [0.05, 0.1) is 0 Å². The molecule has 7 heteroatoms. The Labute approximate surface area is 151 Å². The molecule has 0 aliphatic heterocycles. The number of hydrogen-bond acceptors (Lipinski definition) is 2. The molecular formula is C19H22F3N3O. The van der Waals surface area contributed by atoms with E-state index in [1.165, 1.54) is 11.6 Å². The number of aryl methyl sites for hydroxylation is 1. The Balaban J connectivity index is 1.93. The monoisotopic (exact) mass is 365 g/mol. The fraction of sp³-hybridized carbons (Fsp3) is 0.316. The van der Waals surface area contributed by atoms with Gasteiger partial charge >= 0.3 is 6.18 Å². The second kappa shape index (κ2) is 9.12. The summed E-state index contributed by atoms with van der Waals surface area (Å²) in [6, 6.07) is 14.6. The number of hydrogen-bond donors (Lipinski definition) is 2. The average Bonchev–Trinajstić information content (AvgIpc) is 2.61. The van der Waals surface area contributed by atoms with Gasteiger partial charge in [0, 0.05) is 25.7 Å². The molecule has 0 fully saturated rings. The molecule has 0 radical (unpaired) electrons. The summed E-state index contributed by atoms with van der Waals surface area (Å²) in [5.41, 5.74) is 2.93. The van der Waals surface area contributed by atoms with Gasteiger partial charge in [0.1, 0.15) is 5.75 Å². The zero-order valence-electron chi connectivity index (χ0n) is 14.7. The molecule has 0 aliphatic carbocycles. The molecule has 2 N–H and O–H groups in total. The first-order valence-corrected chi connectivity index (χ1v) is 8.15. The molecule has 26 heavy (non-hydrogen) atoms. The molecule has 0 aliphatic rings. The van der Waals surface area contributed by atoms with E-state index in [0.29, 0.717) is 24.6 Å². The maximum absolute atomic E-state index is 12.4. The molecule has 0 bridgehead atoms. The van der Waals surface area contributed by atoms with Crippen LogP contribution in [0.2, 0.25) is 0 Å². The standard InChI is InChI=1S/C19H22F3N3O/c1-14-7-3-4-8-15(14)11-24-18(23-2)25-12-16-9-5-6-10-17(16)26-13-19(20,21)22/h3-10H,11-13H2,1-2H3,(H2,23,24,25). The maximum Gasteiger partial charge on any atom is 0.422 e. The van der Waals surface area contributed by atoms with Gasteiger partial charge in [-0.25, -0.2) is 0 Å². The highest BCUT2D eigenvalue weighted by Crippen LogP contribution is 2.22. The van der Waals surface area contributed by atoms with E-state index in [1.807, 2.05) is 31.2 Å². The molecule has 4 nitrogen and oxygen atoms in total. The first-order valence-electron chi connectivity index (χ1n) is 8.15. The molecule has 0 aromatic heterocycles. The topological polar surface area (TPSA) is 45.7 Å². The molecule has 2 aromatic carbocycles. The fourth-order valence-electron chi connectivity index (χ4n) is 2.34. The van der Waals surface area contributed by atoms with Crippen LogP contribution < -0.4 is 15.4 Å². The van der Waals surface area contributed by atoms with E-state index in [2.05, 4.69) is 15.6 Å². The summed E-state index contributed by atoms with van der Waals surface area (Å²) in [6.07, 6.45) is -4.37. The van der Waals surface area contributed by atoms with Crippen LogP contribution in [-0.4, -0.2) is 25.8 Å². The van der Waals surface area contributed by atoms with E-state index < -0.39 is 12.8 Å². The van der Waals surface area contributed by atoms with Gasteiger partial charge in [-0.3, -0.25) is 4.99 Å². The molecular weight excluding hydrogens is 343 g/mol.